The van der Waals surface area contributed by atoms with Crippen LogP contribution in [0.1, 0.15) is 49.8 Å². The highest BCUT2D eigenvalue weighted by Crippen LogP contribution is 2.24. The molecule has 8 heteroatoms. The van der Waals surface area contributed by atoms with Crippen molar-refractivity contribution in [2.75, 3.05) is 18.4 Å². The Balaban J connectivity index is 1.35. The molecule has 1 aliphatic rings. The van der Waals surface area contributed by atoms with Gasteiger partial charge in [-0.2, -0.15) is 4.37 Å². The van der Waals surface area contributed by atoms with Gasteiger partial charge in [0.15, 0.2) is 0 Å². The largest absolute Gasteiger partial charge is 0.339 e. The summed E-state index contributed by atoms with van der Waals surface area (Å²) >= 11 is 1.30. The van der Waals surface area contributed by atoms with Gasteiger partial charge in [0.25, 0.3) is 11.8 Å². The lowest BCUT2D eigenvalue weighted by Gasteiger charge is -2.16. The van der Waals surface area contributed by atoms with E-state index in [1.54, 1.807) is 30.5 Å². The molecule has 0 spiro atoms. The van der Waals surface area contributed by atoms with Crippen LogP contribution in [0.4, 0.5) is 5.69 Å². The smallest absolute Gasteiger partial charge is 0.258 e. The molecule has 4 aromatic rings. The van der Waals surface area contributed by atoms with Gasteiger partial charge in [-0.25, -0.2) is 4.98 Å². The predicted octanol–water partition coefficient (Wildman–Crippen LogP) is 4.47. The summed E-state index contributed by atoms with van der Waals surface area (Å²) < 4.78 is 4.41. The van der Waals surface area contributed by atoms with E-state index < -0.39 is 0 Å². The van der Waals surface area contributed by atoms with Gasteiger partial charge in [0, 0.05) is 41.8 Å². The van der Waals surface area contributed by atoms with Gasteiger partial charge in [-0.05, 0) is 61.6 Å². The van der Waals surface area contributed by atoms with Crippen LogP contribution in [0, 0.1) is 6.92 Å². The average molecular weight is 458 g/mol. The first-order valence-electron chi connectivity index (χ1n) is 10.9. The molecule has 2 aromatic heterocycles. The first kappa shape index (κ1) is 21.2. The number of aromatic nitrogens is 3. The van der Waals surface area contributed by atoms with Crippen LogP contribution >= 0.6 is 11.5 Å². The van der Waals surface area contributed by atoms with Crippen molar-refractivity contribution >= 4 is 40.1 Å². The van der Waals surface area contributed by atoms with E-state index in [9.17, 15) is 9.59 Å². The second-order valence-corrected chi connectivity index (χ2v) is 8.99. The Kier molecular flexibility index (Phi) is 5.83. The molecule has 166 valence electrons. The Morgan fingerprint density at radius 3 is 2.67 bits per heavy atom. The zero-order valence-electron chi connectivity index (χ0n) is 18.2. The number of fused-ring (bicyclic) bond motifs is 1. The molecule has 0 saturated carbocycles. The number of nitrogens with zero attached hydrogens (tertiary/aromatic N) is 4. The van der Waals surface area contributed by atoms with Crippen molar-refractivity contribution in [2.45, 2.75) is 26.2 Å². The van der Waals surface area contributed by atoms with E-state index in [2.05, 4.69) is 19.7 Å². The molecule has 2 amide bonds. The number of likely N-dealkylation sites (tertiary alicyclic amines) is 1. The number of hydrogen-bond acceptors (Lipinski definition) is 6. The Bertz CT molecular complexity index is 1340. The molecule has 1 saturated heterocycles. The fraction of sp³-hybridized carbons (Fsp3) is 0.240. The predicted molar refractivity (Wildman–Crippen MR) is 129 cm³/mol. The van der Waals surface area contributed by atoms with Gasteiger partial charge in [-0.1, -0.05) is 18.2 Å². The van der Waals surface area contributed by atoms with E-state index in [-0.39, 0.29) is 11.8 Å². The lowest BCUT2D eigenvalue weighted by atomic mass is 10.1. The second kappa shape index (κ2) is 9.07. The van der Waals surface area contributed by atoms with Crippen molar-refractivity contribution in [1.82, 2.24) is 19.2 Å². The summed E-state index contributed by atoms with van der Waals surface area (Å²) in [4.78, 5) is 37.7. The third kappa shape index (κ3) is 4.47. The minimum Gasteiger partial charge on any atom is -0.339 e. The first-order chi connectivity index (χ1) is 16.1. The lowest BCUT2D eigenvalue weighted by Crippen LogP contribution is -2.27. The van der Waals surface area contributed by atoms with E-state index in [1.807, 2.05) is 36.1 Å². The van der Waals surface area contributed by atoms with Crippen LogP contribution in [-0.4, -0.2) is 44.1 Å². The molecule has 0 unspecified atom stereocenters. The summed E-state index contributed by atoms with van der Waals surface area (Å²) in [7, 11) is 0. The molecular formula is C25H23N5O2S. The summed E-state index contributed by atoms with van der Waals surface area (Å²) in [6.45, 7) is 3.40. The van der Waals surface area contributed by atoms with Gasteiger partial charge in [0.2, 0.25) is 0 Å². The number of carbonyl (C=O) groups excluding carboxylic acids is 2. The number of rotatable bonds is 5. The van der Waals surface area contributed by atoms with Crippen molar-refractivity contribution in [3.8, 4) is 0 Å². The second-order valence-electron chi connectivity index (χ2n) is 8.13. The maximum Gasteiger partial charge on any atom is 0.258 e. The molecule has 0 atom stereocenters. The van der Waals surface area contributed by atoms with Crippen LogP contribution < -0.4 is 5.32 Å². The molecule has 7 nitrogen and oxygen atoms in total. The number of benzene rings is 2. The normalized spacial score (nSPS) is 13.4. The Labute approximate surface area is 195 Å². The molecule has 2 aromatic carbocycles. The molecule has 0 radical (unpaired) electrons. The van der Waals surface area contributed by atoms with Crippen molar-refractivity contribution in [3.05, 3.63) is 82.1 Å². The number of anilines is 1. The fourth-order valence-corrected chi connectivity index (χ4v) is 4.98. The zero-order valence-corrected chi connectivity index (χ0v) is 19.1. The number of para-hydroxylation sites is 2. The molecule has 0 aliphatic carbocycles. The standard InChI is InChI=1S/C25H23N5O2S/c1-16-23(22(33-29-16)14-19-15-26-20-9-2-3-10-21(20)27-19)24(31)28-18-8-6-7-17(13-18)25(32)30-11-4-5-12-30/h2-3,6-10,13,15H,4-5,11-12,14H2,1H3,(H,28,31). The van der Waals surface area contributed by atoms with Crippen LogP contribution in [0.15, 0.2) is 54.7 Å². The highest BCUT2D eigenvalue weighted by atomic mass is 32.1. The molecule has 1 fully saturated rings. The van der Waals surface area contributed by atoms with E-state index >= 15 is 0 Å². The van der Waals surface area contributed by atoms with Crippen LogP contribution in [0.3, 0.4) is 0 Å². The summed E-state index contributed by atoms with van der Waals surface area (Å²) in [5.74, 6) is -0.233. The van der Waals surface area contributed by atoms with Gasteiger partial charge >= 0.3 is 0 Å². The van der Waals surface area contributed by atoms with Gasteiger partial charge in [0.1, 0.15) is 0 Å². The molecule has 1 N–H and O–H groups in total. The van der Waals surface area contributed by atoms with E-state index in [0.29, 0.717) is 28.9 Å². The first-order valence-corrected chi connectivity index (χ1v) is 11.7. The maximum atomic E-state index is 13.2. The van der Waals surface area contributed by atoms with Gasteiger partial charge in [0.05, 0.1) is 28.0 Å². The van der Waals surface area contributed by atoms with E-state index in [4.69, 9.17) is 0 Å². The summed E-state index contributed by atoms with van der Waals surface area (Å²) in [5, 5.41) is 2.95. The topological polar surface area (TPSA) is 88.1 Å². The number of aryl methyl sites for hydroxylation is 1. The molecule has 3 heterocycles. The Hall–Kier alpha value is -3.65. The molecule has 5 rings (SSSR count). The molecular weight excluding hydrogens is 434 g/mol. The van der Waals surface area contributed by atoms with Crippen molar-refractivity contribution in [2.24, 2.45) is 0 Å². The third-order valence-corrected chi connectivity index (χ3v) is 6.70. The number of amides is 2. The average Bonchev–Trinajstić information content (AvgIpc) is 3.49. The van der Waals surface area contributed by atoms with Gasteiger partial charge in [-0.15, -0.1) is 0 Å². The Morgan fingerprint density at radius 2 is 1.85 bits per heavy atom. The third-order valence-electron chi connectivity index (χ3n) is 5.76. The summed E-state index contributed by atoms with van der Waals surface area (Å²) in [6, 6.07) is 14.8. The summed E-state index contributed by atoms with van der Waals surface area (Å²) in [6.07, 6.45) is 4.29. The maximum absolute atomic E-state index is 13.2. The van der Waals surface area contributed by atoms with Gasteiger partial charge < -0.3 is 10.2 Å². The van der Waals surface area contributed by atoms with Crippen LogP contribution in [-0.2, 0) is 6.42 Å². The minimum absolute atomic E-state index is 0.00699. The van der Waals surface area contributed by atoms with E-state index in [1.165, 1.54) is 11.5 Å². The molecule has 33 heavy (non-hydrogen) atoms. The quantitative estimate of drug-likeness (QED) is 0.478. The minimum atomic E-state index is -0.240. The number of carbonyl (C=O) groups is 2. The number of hydrogen-bond donors (Lipinski definition) is 1. The van der Waals surface area contributed by atoms with Crippen LogP contribution in [0.2, 0.25) is 0 Å². The fourth-order valence-electron chi connectivity index (χ4n) is 4.10. The van der Waals surface area contributed by atoms with Crippen molar-refractivity contribution in [3.63, 3.8) is 0 Å². The lowest BCUT2D eigenvalue weighted by molar-refractivity contribution is 0.0792. The zero-order chi connectivity index (χ0) is 22.8. The SMILES string of the molecule is Cc1nsc(Cc2cnc3ccccc3n2)c1C(=O)Nc1cccc(C(=O)N2CCCC2)c1. The van der Waals surface area contributed by atoms with Gasteiger partial charge in [-0.3, -0.25) is 14.6 Å². The summed E-state index contributed by atoms with van der Waals surface area (Å²) in [5.41, 5.74) is 4.83. The highest BCUT2D eigenvalue weighted by molar-refractivity contribution is 7.06. The number of nitrogens with one attached hydrogen (secondary N) is 1. The highest BCUT2D eigenvalue weighted by Gasteiger charge is 2.22. The van der Waals surface area contributed by atoms with Crippen molar-refractivity contribution < 1.29 is 9.59 Å². The molecule has 1 aliphatic heterocycles. The Morgan fingerprint density at radius 1 is 1.06 bits per heavy atom. The molecule has 0 bridgehead atoms. The van der Waals surface area contributed by atoms with Crippen LogP contribution in [0.25, 0.3) is 11.0 Å². The van der Waals surface area contributed by atoms with E-state index in [0.717, 1.165) is 47.5 Å². The monoisotopic (exact) mass is 457 g/mol. The van der Waals surface area contributed by atoms with Crippen LogP contribution in [0.5, 0.6) is 0 Å². The van der Waals surface area contributed by atoms with Crippen molar-refractivity contribution in [1.29, 1.82) is 0 Å².